The maximum Gasteiger partial charge on any atom is 0.306 e. The lowest BCUT2D eigenvalue weighted by molar-refractivity contribution is -0.151. The Morgan fingerprint density at radius 2 is 0.889 bits per heavy atom. The summed E-state index contributed by atoms with van der Waals surface area (Å²) in [6.45, 7) is 6.33. The van der Waals surface area contributed by atoms with E-state index >= 15 is 0 Å². The summed E-state index contributed by atoms with van der Waals surface area (Å²) >= 11 is 0. The van der Waals surface area contributed by atoms with Crippen LogP contribution in [0.4, 0.5) is 0 Å². The molecule has 0 saturated carbocycles. The van der Waals surface area contributed by atoms with Crippen molar-refractivity contribution < 1.29 is 24.5 Å². The number of hydrogen-bond acceptors (Lipinski definition) is 5. The van der Waals surface area contributed by atoms with Crippen LogP contribution in [-0.4, -0.2) is 46.9 Å². The fraction of sp³-hybridized carbons (Fsp3) is 0.789. The number of esters is 1. The van der Waals surface area contributed by atoms with Gasteiger partial charge in [0, 0.05) is 6.42 Å². The number of unbranched alkanes of at least 4 members (excludes halogenated alkanes) is 29. The highest BCUT2D eigenvalue weighted by atomic mass is 16.5. The Morgan fingerprint density at radius 1 is 0.476 bits per heavy atom. The molecule has 3 N–H and O–H groups in total. The van der Waals surface area contributed by atoms with Gasteiger partial charge in [-0.05, 0) is 64.2 Å². The molecule has 0 radical (unpaired) electrons. The van der Waals surface area contributed by atoms with Crippen LogP contribution in [0.1, 0.15) is 265 Å². The zero-order valence-electron chi connectivity index (χ0n) is 41.7. The van der Waals surface area contributed by atoms with E-state index in [4.69, 9.17) is 4.74 Å². The first-order valence-electron chi connectivity index (χ1n) is 27.1. The molecule has 3 atom stereocenters. The standard InChI is InChI=1S/C57H103NO5/c1-4-7-10-13-16-19-22-24-26-28-29-31-34-37-40-43-46-49-55(60)54(52-59)58-56(61)51-53(48-45-42-39-36-33-21-18-15-12-9-6-3)63-57(62)50-47-44-41-38-35-32-30-27-25-23-20-17-14-11-8-5-2/h9,12,15,18,21,27,30,33,36,39,53-55,59-60H,4-8,10-11,13-14,16-17,19-20,22-26,28-29,31-32,34-35,37-38,40-52H2,1-3H3,(H,58,61)/b12-9+,18-15+,30-27+,33-21-,39-36-. The van der Waals surface area contributed by atoms with Crippen LogP contribution in [0, 0.1) is 0 Å². The molecule has 6 heteroatoms. The van der Waals surface area contributed by atoms with Gasteiger partial charge in [0.2, 0.25) is 5.91 Å². The van der Waals surface area contributed by atoms with E-state index in [0.29, 0.717) is 19.3 Å². The van der Waals surface area contributed by atoms with Gasteiger partial charge in [0.05, 0.1) is 25.2 Å². The third kappa shape index (κ3) is 45.9. The smallest absolute Gasteiger partial charge is 0.306 e. The normalized spacial score (nSPS) is 13.7. The number of rotatable bonds is 48. The van der Waals surface area contributed by atoms with Gasteiger partial charge in [-0.3, -0.25) is 9.59 Å². The maximum absolute atomic E-state index is 13.2. The molecule has 0 saturated heterocycles. The number of ether oxygens (including phenoxy) is 1. The van der Waals surface area contributed by atoms with Crippen LogP contribution in [0.3, 0.4) is 0 Å². The average Bonchev–Trinajstić information content (AvgIpc) is 3.28. The van der Waals surface area contributed by atoms with E-state index < -0.39 is 18.2 Å². The fourth-order valence-corrected chi connectivity index (χ4v) is 8.09. The maximum atomic E-state index is 13.2. The van der Waals surface area contributed by atoms with E-state index in [0.717, 1.165) is 64.2 Å². The lowest BCUT2D eigenvalue weighted by Gasteiger charge is -2.24. The van der Waals surface area contributed by atoms with Crippen molar-refractivity contribution in [2.24, 2.45) is 0 Å². The van der Waals surface area contributed by atoms with Crippen molar-refractivity contribution in [1.82, 2.24) is 5.32 Å². The first-order valence-corrected chi connectivity index (χ1v) is 27.1. The van der Waals surface area contributed by atoms with Crippen LogP contribution in [0.15, 0.2) is 60.8 Å². The number of hydrogen-bond donors (Lipinski definition) is 3. The SMILES string of the molecule is CC/C=C/C=C/C=C\C=C/CCCC(CC(=O)NC(CO)C(O)CCCCCCCCCCCCCCCCCCC)OC(=O)CCCCCCC/C=C/CCCCCCCCC. The molecule has 0 aromatic rings. The van der Waals surface area contributed by atoms with Crippen molar-refractivity contribution in [3.8, 4) is 0 Å². The van der Waals surface area contributed by atoms with E-state index in [1.165, 1.54) is 154 Å². The molecule has 0 fully saturated rings. The zero-order chi connectivity index (χ0) is 45.9. The van der Waals surface area contributed by atoms with Gasteiger partial charge in [-0.1, -0.05) is 248 Å². The van der Waals surface area contributed by atoms with E-state index in [1.54, 1.807) is 0 Å². The van der Waals surface area contributed by atoms with E-state index in [-0.39, 0.29) is 24.9 Å². The second-order valence-electron chi connectivity index (χ2n) is 18.3. The van der Waals surface area contributed by atoms with Gasteiger partial charge in [0.15, 0.2) is 0 Å². The van der Waals surface area contributed by atoms with Gasteiger partial charge in [-0.2, -0.15) is 0 Å². The first kappa shape index (κ1) is 60.6. The molecule has 0 aliphatic heterocycles. The van der Waals surface area contributed by atoms with Crippen LogP contribution in [-0.2, 0) is 14.3 Å². The van der Waals surface area contributed by atoms with Gasteiger partial charge >= 0.3 is 5.97 Å². The lowest BCUT2D eigenvalue weighted by Crippen LogP contribution is -2.46. The largest absolute Gasteiger partial charge is 0.462 e. The zero-order valence-corrected chi connectivity index (χ0v) is 41.7. The number of carbonyl (C=O) groups excluding carboxylic acids is 2. The Labute approximate surface area is 390 Å². The number of aliphatic hydroxyl groups excluding tert-OH is 2. The summed E-state index contributed by atoms with van der Waals surface area (Å²) in [7, 11) is 0. The third-order valence-electron chi connectivity index (χ3n) is 12.2. The van der Waals surface area contributed by atoms with Gasteiger partial charge < -0.3 is 20.3 Å². The molecular formula is C57H103NO5. The van der Waals surface area contributed by atoms with Crippen molar-refractivity contribution in [2.75, 3.05) is 6.61 Å². The van der Waals surface area contributed by atoms with Crippen molar-refractivity contribution >= 4 is 11.9 Å². The summed E-state index contributed by atoms with van der Waals surface area (Å²) < 4.78 is 5.89. The molecule has 1 amide bonds. The highest BCUT2D eigenvalue weighted by molar-refractivity contribution is 5.77. The van der Waals surface area contributed by atoms with Crippen LogP contribution in [0.5, 0.6) is 0 Å². The molecule has 0 rings (SSSR count). The van der Waals surface area contributed by atoms with Crippen LogP contribution < -0.4 is 5.32 Å². The summed E-state index contributed by atoms with van der Waals surface area (Å²) in [4.78, 5) is 26.1. The topological polar surface area (TPSA) is 95.9 Å². The molecule has 0 aromatic carbocycles. The predicted molar refractivity (Wildman–Crippen MR) is 273 cm³/mol. The Kier molecular flexibility index (Phi) is 48.6. The minimum atomic E-state index is -0.807. The van der Waals surface area contributed by atoms with Gasteiger partial charge in [-0.15, -0.1) is 0 Å². The van der Waals surface area contributed by atoms with E-state index in [2.05, 4.69) is 50.4 Å². The number of nitrogens with one attached hydrogen (secondary N) is 1. The molecule has 0 bridgehead atoms. The predicted octanol–water partition coefficient (Wildman–Crippen LogP) is 16.4. The number of amides is 1. The molecule has 63 heavy (non-hydrogen) atoms. The Balaban J connectivity index is 4.53. The third-order valence-corrected chi connectivity index (χ3v) is 12.2. The Hall–Kier alpha value is -2.44. The average molecular weight is 882 g/mol. The number of allylic oxidation sites excluding steroid dienone is 10. The molecule has 6 nitrogen and oxygen atoms in total. The molecule has 0 spiro atoms. The molecule has 0 aliphatic carbocycles. The number of carbonyl (C=O) groups is 2. The van der Waals surface area contributed by atoms with Gasteiger partial charge in [0.25, 0.3) is 0 Å². The molecule has 3 unspecified atom stereocenters. The summed E-state index contributed by atoms with van der Waals surface area (Å²) in [6, 6.07) is -0.725. The fourth-order valence-electron chi connectivity index (χ4n) is 8.09. The Bertz CT molecular complexity index is 1130. The molecule has 0 aromatic heterocycles. The highest BCUT2D eigenvalue weighted by Crippen LogP contribution is 2.17. The van der Waals surface area contributed by atoms with Crippen LogP contribution in [0.2, 0.25) is 0 Å². The summed E-state index contributed by atoms with van der Waals surface area (Å²) in [5.41, 5.74) is 0. The minimum absolute atomic E-state index is 0.0280. The highest BCUT2D eigenvalue weighted by Gasteiger charge is 2.24. The van der Waals surface area contributed by atoms with Crippen molar-refractivity contribution in [1.29, 1.82) is 0 Å². The van der Waals surface area contributed by atoms with Crippen LogP contribution >= 0.6 is 0 Å². The molecule has 0 aliphatic rings. The quantitative estimate of drug-likeness (QED) is 0.0245. The molecule has 0 heterocycles. The van der Waals surface area contributed by atoms with Crippen molar-refractivity contribution in [2.45, 2.75) is 283 Å². The van der Waals surface area contributed by atoms with Crippen LogP contribution in [0.25, 0.3) is 0 Å². The van der Waals surface area contributed by atoms with E-state index in [9.17, 15) is 19.8 Å². The first-order chi connectivity index (χ1) is 31.0. The summed E-state index contributed by atoms with van der Waals surface area (Å²) in [5.74, 6) is -0.548. The number of aliphatic hydroxyl groups is 2. The Morgan fingerprint density at radius 3 is 1.37 bits per heavy atom. The van der Waals surface area contributed by atoms with Crippen molar-refractivity contribution in [3.63, 3.8) is 0 Å². The van der Waals surface area contributed by atoms with Crippen molar-refractivity contribution in [3.05, 3.63) is 60.8 Å². The lowest BCUT2D eigenvalue weighted by atomic mass is 10.0. The summed E-state index contributed by atoms with van der Waals surface area (Å²) in [6.07, 6.45) is 63.0. The van der Waals surface area contributed by atoms with Gasteiger partial charge in [0.1, 0.15) is 6.10 Å². The second kappa shape index (κ2) is 50.6. The van der Waals surface area contributed by atoms with Gasteiger partial charge in [-0.25, -0.2) is 0 Å². The monoisotopic (exact) mass is 882 g/mol. The van der Waals surface area contributed by atoms with E-state index in [1.807, 2.05) is 36.5 Å². The molecule has 366 valence electrons. The second-order valence-corrected chi connectivity index (χ2v) is 18.3. The summed E-state index contributed by atoms with van der Waals surface area (Å²) in [5, 5.41) is 23.8. The minimum Gasteiger partial charge on any atom is -0.462 e. The molecular weight excluding hydrogens is 779 g/mol.